The van der Waals surface area contributed by atoms with Crippen molar-refractivity contribution in [3.05, 3.63) is 0 Å². The van der Waals surface area contributed by atoms with Crippen molar-refractivity contribution >= 4 is 11.9 Å². The van der Waals surface area contributed by atoms with E-state index in [1.165, 1.54) is 0 Å². The van der Waals surface area contributed by atoms with Gasteiger partial charge in [-0.3, -0.25) is 4.79 Å². The third kappa shape index (κ3) is 5.14. The Morgan fingerprint density at radius 1 is 1.19 bits per heavy atom. The number of hydrogen-bond acceptors (Lipinski definition) is 2. The first-order valence-corrected chi connectivity index (χ1v) is 5.94. The molecule has 0 unspecified atom stereocenters. The molecular formula is C12H23NO3. The third-order valence-corrected chi connectivity index (χ3v) is 3.03. The summed E-state index contributed by atoms with van der Waals surface area (Å²) >= 11 is 0. The van der Waals surface area contributed by atoms with Crippen molar-refractivity contribution in [2.24, 2.45) is 11.8 Å². The summed E-state index contributed by atoms with van der Waals surface area (Å²) in [5, 5.41) is 11.6. The van der Waals surface area contributed by atoms with E-state index in [4.69, 9.17) is 5.11 Å². The topological polar surface area (TPSA) is 66.4 Å². The zero-order chi connectivity index (χ0) is 12.7. The van der Waals surface area contributed by atoms with Crippen LogP contribution in [-0.4, -0.2) is 23.0 Å². The molecule has 0 spiro atoms. The van der Waals surface area contributed by atoms with Gasteiger partial charge in [-0.1, -0.05) is 40.5 Å². The summed E-state index contributed by atoms with van der Waals surface area (Å²) in [6, 6.07) is -0.762. The Kier molecular flexibility index (Phi) is 6.77. The van der Waals surface area contributed by atoms with Crippen molar-refractivity contribution in [2.45, 2.75) is 53.0 Å². The molecule has 3 atom stereocenters. The van der Waals surface area contributed by atoms with Gasteiger partial charge in [-0.2, -0.15) is 0 Å². The summed E-state index contributed by atoms with van der Waals surface area (Å²) in [6.07, 6.45) is 2.06. The summed E-state index contributed by atoms with van der Waals surface area (Å²) in [5.74, 6) is -0.862. The van der Waals surface area contributed by atoms with Crippen LogP contribution in [0.1, 0.15) is 47.0 Å². The molecule has 0 heterocycles. The van der Waals surface area contributed by atoms with E-state index in [0.29, 0.717) is 12.3 Å². The number of rotatable bonds is 7. The number of hydrogen-bond donors (Lipinski definition) is 2. The number of carboxylic acid groups (broad SMARTS) is 1. The molecule has 2 N–H and O–H groups in total. The first kappa shape index (κ1) is 14.9. The van der Waals surface area contributed by atoms with Crippen molar-refractivity contribution < 1.29 is 14.7 Å². The van der Waals surface area contributed by atoms with Gasteiger partial charge in [0, 0.05) is 6.42 Å². The second-order valence-corrected chi connectivity index (χ2v) is 4.49. The first-order chi connectivity index (χ1) is 7.42. The summed E-state index contributed by atoms with van der Waals surface area (Å²) in [5.41, 5.74) is 0. The molecule has 0 aliphatic rings. The van der Waals surface area contributed by atoms with E-state index in [1.54, 1.807) is 0 Å². The highest BCUT2D eigenvalue weighted by Gasteiger charge is 2.25. The standard InChI is InChI=1S/C12H23NO3/c1-5-8(3)7-10(14)13-11(12(15)16)9(4)6-2/h8-9,11H,5-7H2,1-4H3,(H,13,14)(H,15,16)/t8-,9-,11-/m0/s1. The quantitative estimate of drug-likeness (QED) is 0.702. The Labute approximate surface area is 97.4 Å². The summed E-state index contributed by atoms with van der Waals surface area (Å²) in [4.78, 5) is 22.5. The van der Waals surface area contributed by atoms with Gasteiger partial charge < -0.3 is 10.4 Å². The maximum atomic E-state index is 11.6. The monoisotopic (exact) mass is 229 g/mol. The maximum Gasteiger partial charge on any atom is 0.326 e. The lowest BCUT2D eigenvalue weighted by molar-refractivity contribution is -0.143. The van der Waals surface area contributed by atoms with E-state index in [9.17, 15) is 9.59 Å². The first-order valence-electron chi connectivity index (χ1n) is 5.94. The average molecular weight is 229 g/mol. The molecule has 0 fully saturated rings. The zero-order valence-electron chi connectivity index (χ0n) is 10.6. The van der Waals surface area contributed by atoms with Crippen LogP contribution in [0, 0.1) is 11.8 Å². The fourth-order valence-corrected chi connectivity index (χ4v) is 1.38. The van der Waals surface area contributed by atoms with Crippen molar-refractivity contribution in [3.8, 4) is 0 Å². The van der Waals surface area contributed by atoms with Crippen LogP contribution < -0.4 is 5.32 Å². The van der Waals surface area contributed by atoms with E-state index >= 15 is 0 Å². The molecule has 0 saturated carbocycles. The van der Waals surface area contributed by atoms with Gasteiger partial charge >= 0.3 is 5.97 Å². The number of carboxylic acids is 1. The highest BCUT2D eigenvalue weighted by atomic mass is 16.4. The van der Waals surface area contributed by atoms with Gasteiger partial charge in [0.05, 0.1) is 0 Å². The minimum Gasteiger partial charge on any atom is -0.480 e. The maximum absolute atomic E-state index is 11.6. The van der Waals surface area contributed by atoms with E-state index in [1.807, 2.05) is 27.7 Å². The summed E-state index contributed by atoms with van der Waals surface area (Å²) in [6.45, 7) is 7.75. The second kappa shape index (κ2) is 7.25. The van der Waals surface area contributed by atoms with Crippen molar-refractivity contribution in [2.75, 3.05) is 0 Å². The van der Waals surface area contributed by atoms with Crippen molar-refractivity contribution in [3.63, 3.8) is 0 Å². The third-order valence-electron chi connectivity index (χ3n) is 3.03. The molecule has 0 rings (SSSR count). The van der Waals surface area contributed by atoms with Gasteiger partial charge in [0.1, 0.15) is 6.04 Å². The fourth-order valence-electron chi connectivity index (χ4n) is 1.38. The molecule has 4 nitrogen and oxygen atoms in total. The molecule has 0 bridgehead atoms. The number of aliphatic carboxylic acids is 1. The zero-order valence-corrected chi connectivity index (χ0v) is 10.6. The Hall–Kier alpha value is -1.06. The molecule has 0 aromatic carbocycles. The molecule has 0 radical (unpaired) electrons. The molecular weight excluding hydrogens is 206 g/mol. The highest BCUT2D eigenvalue weighted by Crippen LogP contribution is 2.10. The normalized spacial score (nSPS) is 16.2. The average Bonchev–Trinajstić information content (AvgIpc) is 2.24. The van der Waals surface area contributed by atoms with Crippen molar-refractivity contribution in [1.29, 1.82) is 0 Å². The van der Waals surface area contributed by atoms with Crippen LogP contribution in [-0.2, 0) is 9.59 Å². The molecule has 0 aliphatic carbocycles. The predicted octanol–water partition coefficient (Wildman–Crippen LogP) is 2.04. The highest BCUT2D eigenvalue weighted by molar-refractivity contribution is 5.83. The van der Waals surface area contributed by atoms with Crippen molar-refractivity contribution in [1.82, 2.24) is 5.32 Å². The minimum atomic E-state index is -0.952. The van der Waals surface area contributed by atoms with E-state index in [2.05, 4.69) is 5.32 Å². The molecule has 1 amide bonds. The molecule has 0 aromatic heterocycles. The molecule has 94 valence electrons. The summed E-state index contributed by atoms with van der Waals surface area (Å²) < 4.78 is 0. The second-order valence-electron chi connectivity index (χ2n) is 4.49. The molecule has 0 aromatic rings. The van der Waals surface area contributed by atoms with Crippen LogP contribution in [0.2, 0.25) is 0 Å². The number of amides is 1. The Morgan fingerprint density at radius 3 is 2.12 bits per heavy atom. The Morgan fingerprint density at radius 2 is 1.75 bits per heavy atom. The van der Waals surface area contributed by atoms with Crippen LogP contribution in [0.5, 0.6) is 0 Å². The van der Waals surface area contributed by atoms with Crippen LogP contribution in [0.3, 0.4) is 0 Å². The number of carbonyl (C=O) groups is 2. The lowest BCUT2D eigenvalue weighted by atomic mass is 9.98. The Bertz CT molecular complexity index is 240. The number of nitrogens with one attached hydrogen (secondary N) is 1. The predicted molar refractivity (Wildman–Crippen MR) is 63.1 cm³/mol. The number of carbonyl (C=O) groups excluding carboxylic acids is 1. The van der Waals surface area contributed by atoms with Gasteiger partial charge in [-0.15, -0.1) is 0 Å². The molecule has 4 heteroatoms. The van der Waals surface area contributed by atoms with Gasteiger partial charge in [-0.25, -0.2) is 4.79 Å². The van der Waals surface area contributed by atoms with Crippen LogP contribution in [0.15, 0.2) is 0 Å². The SMILES string of the molecule is CC[C@H](C)CC(=O)N[C@H](C(=O)O)[C@@H](C)CC. The lowest BCUT2D eigenvalue weighted by Crippen LogP contribution is -2.45. The Balaban J connectivity index is 4.30. The van der Waals surface area contributed by atoms with Crippen LogP contribution in [0.25, 0.3) is 0 Å². The smallest absolute Gasteiger partial charge is 0.326 e. The fraction of sp³-hybridized carbons (Fsp3) is 0.833. The van der Waals surface area contributed by atoms with Gasteiger partial charge in [0.15, 0.2) is 0 Å². The molecule has 0 aliphatic heterocycles. The lowest BCUT2D eigenvalue weighted by Gasteiger charge is -2.20. The van der Waals surface area contributed by atoms with Gasteiger partial charge in [0.25, 0.3) is 0 Å². The van der Waals surface area contributed by atoms with E-state index in [0.717, 1.165) is 12.8 Å². The van der Waals surface area contributed by atoms with Crippen LogP contribution >= 0.6 is 0 Å². The minimum absolute atomic E-state index is 0.0432. The van der Waals surface area contributed by atoms with Gasteiger partial charge in [0.2, 0.25) is 5.91 Å². The molecule has 16 heavy (non-hydrogen) atoms. The largest absolute Gasteiger partial charge is 0.480 e. The van der Waals surface area contributed by atoms with Crippen LogP contribution in [0.4, 0.5) is 0 Å². The molecule has 0 saturated heterocycles. The summed E-state index contributed by atoms with van der Waals surface area (Å²) in [7, 11) is 0. The van der Waals surface area contributed by atoms with Gasteiger partial charge in [-0.05, 0) is 11.8 Å². The van der Waals surface area contributed by atoms with E-state index < -0.39 is 12.0 Å². The van der Waals surface area contributed by atoms with E-state index in [-0.39, 0.29) is 11.8 Å².